The largest absolute Gasteiger partial charge is 0.480 e. The molecule has 0 saturated heterocycles. The number of amides is 1. The van der Waals surface area contributed by atoms with Crippen LogP contribution in [0.3, 0.4) is 0 Å². The van der Waals surface area contributed by atoms with Crippen molar-refractivity contribution in [2.75, 3.05) is 19.8 Å². The maximum Gasteiger partial charge on any atom is 0.407 e. The van der Waals surface area contributed by atoms with E-state index in [-0.39, 0.29) is 12.5 Å². The molecule has 0 bridgehead atoms. The number of aliphatic carboxylic acids is 1. The SMILES string of the molecule is CC(=O)O[C@@](C(C)=O)(C(=O)C(C)=O)[C@](O)(C(C)=O)[C@@H](O)[C@H](O)CO.O=C(N[C@@H](CO)C(=O)O)OCC1c2ccccc2-c2ccccc21. The fourth-order valence-electron chi connectivity index (χ4n) is 5.27. The molecule has 260 valence electrons. The van der Waals surface area contributed by atoms with E-state index in [2.05, 4.69) is 10.1 Å². The predicted molar refractivity (Wildman–Crippen MR) is 162 cm³/mol. The molecule has 48 heavy (non-hydrogen) atoms. The van der Waals surface area contributed by atoms with E-state index in [1.165, 1.54) is 0 Å². The van der Waals surface area contributed by atoms with Gasteiger partial charge in [-0.1, -0.05) is 48.5 Å². The van der Waals surface area contributed by atoms with Gasteiger partial charge >= 0.3 is 18.0 Å². The van der Waals surface area contributed by atoms with Crippen molar-refractivity contribution in [3.8, 4) is 11.1 Å². The molecule has 0 aliphatic heterocycles. The number of carboxylic acid groups (broad SMARTS) is 1. The number of rotatable bonds is 14. The van der Waals surface area contributed by atoms with Crippen LogP contribution in [0.5, 0.6) is 0 Å². The predicted octanol–water partition coefficient (Wildman–Crippen LogP) is -0.960. The van der Waals surface area contributed by atoms with Gasteiger partial charge in [-0.25, -0.2) is 9.59 Å². The number of nitrogens with one attached hydrogen (secondary N) is 1. The second-order valence-corrected chi connectivity index (χ2v) is 10.8. The second kappa shape index (κ2) is 16.3. The molecule has 2 aromatic carbocycles. The van der Waals surface area contributed by atoms with Crippen LogP contribution in [0.1, 0.15) is 44.7 Å². The van der Waals surface area contributed by atoms with Gasteiger partial charge in [-0.3, -0.25) is 24.0 Å². The average Bonchev–Trinajstić information content (AvgIpc) is 3.36. The highest BCUT2D eigenvalue weighted by atomic mass is 16.6. The maximum atomic E-state index is 12.3. The molecular weight excluding hydrogens is 638 g/mol. The Kier molecular flexibility index (Phi) is 13.3. The van der Waals surface area contributed by atoms with Crippen molar-refractivity contribution in [2.24, 2.45) is 0 Å². The van der Waals surface area contributed by atoms with Crippen LogP contribution in [0.25, 0.3) is 11.1 Å². The molecule has 0 aromatic heterocycles. The number of ether oxygens (including phenoxy) is 2. The lowest BCUT2D eigenvalue weighted by Crippen LogP contribution is -2.76. The van der Waals surface area contributed by atoms with Crippen LogP contribution < -0.4 is 5.32 Å². The fourth-order valence-corrected chi connectivity index (χ4v) is 5.27. The van der Waals surface area contributed by atoms with Gasteiger partial charge in [0, 0.05) is 19.8 Å². The summed E-state index contributed by atoms with van der Waals surface area (Å²) in [7, 11) is 0. The average molecular weight is 676 g/mol. The summed E-state index contributed by atoms with van der Waals surface area (Å²) in [6, 6.07) is 14.5. The number of carbonyl (C=O) groups excluding carboxylic acids is 6. The minimum atomic E-state index is -3.50. The topological polar surface area (TPSA) is 271 Å². The molecule has 7 N–H and O–H groups in total. The van der Waals surface area contributed by atoms with E-state index in [9.17, 15) is 48.9 Å². The Labute approximate surface area is 273 Å². The van der Waals surface area contributed by atoms with Gasteiger partial charge in [0.05, 0.1) is 13.2 Å². The number of fused-ring (bicyclic) bond motifs is 3. The Morgan fingerprint density at radius 2 is 1.31 bits per heavy atom. The first-order valence-corrected chi connectivity index (χ1v) is 14.3. The Balaban J connectivity index is 0.000000333. The van der Waals surface area contributed by atoms with Crippen LogP contribution in [-0.2, 0) is 38.2 Å². The Morgan fingerprint density at radius 1 is 0.812 bits per heavy atom. The highest BCUT2D eigenvalue weighted by molar-refractivity contribution is 6.45. The number of carboxylic acids is 1. The molecule has 0 heterocycles. The smallest absolute Gasteiger partial charge is 0.407 e. The summed E-state index contributed by atoms with van der Waals surface area (Å²) in [5, 5.41) is 59.1. The van der Waals surface area contributed by atoms with Gasteiger partial charge in [0.2, 0.25) is 5.60 Å². The monoisotopic (exact) mass is 675 g/mol. The van der Waals surface area contributed by atoms with Crippen LogP contribution in [0.4, 0.5) is 4.79 Å². The number of alkyl carbamates (subject to hydrolysis) is 1. The Bertz CT molecular complexity index is 1530. The van der Waals surface area contributed by atoms with Gasteiger partial charge in [-0.2, -0.15) is 0 Å². The molecule has 5 atom stereocenters. The third-order valence-corrected chi connectivity index (χ3v) is 7.60. The van der Waals surface area contributed by atoms with Gasteiger partial charge in [-0.15, -0.1) is 0 Å². The summed E-state index contributed by atoms with van der Waals surface area (Å²) in [5.41, 5.74) is -2.55. The van der Waals surface area contributed by atoms with Crippen molar-refractivity contribution >= 4 is 41.2 Å². The van der Waals surface area contributed by atoms with Gasteiger partial charge in [0.1, 0.15) is 18.8 Å². The molecule has 16 nitrogen and oxygen atoms in total. The van der Waals surface area contributed by atoms with Crippen molar-refractivity contribution in [1.29, 1.82) is 0 Å². The van der Waals surface area contributed by atoms with Crippen LogP contribution in [-0.4, -0.2) is 121 Å². The first-order chi connectivity index (χ1) is 22.4. The summed E-state index contributed by atoms with van der Waals surface area (Å²) >= 11 is 0. The van der Waals surface area contributed by atoms with Gasteiger partial charge in [0.25, 0.3) is 11.4 Å². The molecule has 2 aromatic rings. The highest BCUT2D eigenvalue weighted by Crippen LogP contribution is 2.44. The van der Waals surface area contributed by atoms with Crippen molar-refractivity contribution in [2.45, 2.75) is 63.1 Å². The lowest BCUT2D eigenvalue weighted by molar-refractivity contribution is -0.226. The molecule has 1 aliphatic rings. The van der Waals surface area contributed by atoms with Crippen LogP contribution in [0.2, 0.25) is 0 Å². The van der Waals surface area contributed by atoms with E-state index in [1.54, 1.807) is 0 Å². The van der Waals surface area contributed by atoms with E-state index >= 15 is 0 Å². The minimum Gasteiger partial charge on any atom is -0.480 e. The highest BCUT2D eigenvalue weighted by Gasteiger charge is 2.70. The van der Waals surface area contributed by atoms with E-state index in [0.717, 1.165) is 29.2 Å². The number of carbonyl (C=O) groups is 7. The summed E-state index contributed by atoms with van der Waals surface area (Å²) in [4.78, 5) is 81.8. The van der Waals surface area contributed by atoms with E-state index in [0.29, 0.717) is 20.8 Å². The number of ketones is 4. The Morgan fingerprint density at radius 3 is 1.69 bits per heavy atom. The minimum absolute atomic E-state index is 0.0949. The third kappa shape index (κ3) is 7.80. The zero-order valence-electron chi connectivity index (χ0n) is 26.4. The van der Waals surface area contributed by atoms with Gasteiger partial charge in [0.15, 0.2) is 23.4 Å². The molecule has 1 amide bonds. The molecule has 0 fully saturated rings. The quantitative estimate of drug-likeness (QED) is 0.0722. The first kappa shape index (κ1) is 39.3. The molecule has 16 heteroatoms. The van der Waals surface area contributed by atoms with E-state index in [1.807, 2.05) is 48.5 Å². The van der Waals surface area contributed by atoms with Crippen molar-refractivity contribution in [3.63, 3.8) is 0 Å². The zero-order chi connectivity index (χ0) is 36.6. The van der Waals surface area contributed by atoms with Crippen LogP contribution in [0, 0.1) is 0 Å². The number of aliphatic hydroxyl groups is 5. The second-order valence-electron chi connectivity index (χ2n) is 10.8. The van der Waals surface area contributed by atoms with Crippen molar-refractivity contribution in [3.05, 3.63) is 59.7 Å². The fraction of sp³-hybridized carbons (Fsp3) is 0.406. The van der Waals surface area contributed by atoms with Gasteiger partial charge < -0.3 is 45.4 Å². The number of hydrogen-bond acceptors (Lipinski definition) is 14. The molecule has 0 radical (unpaired) electrons. The van der Waals surface area contributed by atoms with Crippen LogP contribution >= 0.6 is 0 Å². The van der Waals surface area contributed by atoms with E-state index < -0.39 is 83.8 Å². The summed E-state index contributed by atoms with van der Waals surface area (Å²) in [6.45, 7) is 0.952. The number of Topliss-reactive ketones (excluding diaryl/α,β-unsaturated/α-hetero) is 4. The number of hydrogen-bond donors (Lipinski definition) is 7. The number of esters is 1. The molecule has 0 unspecified atom stereocenters. The lowest BCUT2D eigenvalue weighted by atomic mass is 9.69. The lowest BCUT2D eigenvalue weighted by Gasteiger charge is -2.44. The molecule has 0 saturated carbocycles. The molecule has 0 spiro atoms. The molecular formula is C32H37NO15. The van der Waals surface area contributed by atoms with E-state index in [4.69, 9.17) is 20.1 Å². The van der Waals surface area contributed by atoms with Crippen molar-refractivity contribution in [1.82, 2.24) is 5.32 Å². The van der Waals surface area contributed by atoms with Gasteiger partial charge in [-0.05, 0) is 36.1 Å². The summed E-state index contributed by atoms with van der Waals surface area (Å²) < 4.78 is 9.78. The molecule has 1 aliphatic carbocycles. The normalized spacial score (nSPS) is 16.1. The number of aliphatic hydroxyl groups excluding tert-OH is 4. The zero-order valence-corrected chi connectivity index (χ0v) is 26.4. The Hall–Kier alpha value is -4.87. The van der Waals surface area contributed by atoms with Crippen molar-refractivity contribution < 1.29 is 73.7 Å². The summed E-state index contributed by atoms with van der Waals surface area (Å²) in [6.07, 6.45) is -5.67. The summed E-state index contributed by atoms with van der Waals surface area (Å²) in [5.74, 6) is -8.73. The maximum absolute atomic E-state index is 12.3. The standard InChI is InChI=1S/C18H17NO5.C14H20O10/c20-9-16(17(21)22)19-18(23)24-10-15-13-7-3-1-5-11(13)12-6-2-4-8-14(12)15;1-6(16)11(21)14(8(3)18,24-9(4)19)13(23,7(2)17)12(22)10(20)5-15/h1-8,15-16,20H,9-10H2,(H,19,23)(H,21,22);10,12,15,20,22-23H,5H2,1-4H3/t16-;10-,12+,13+,14+/m01/s1. The number of benzene rings is 2. The molecule has 3 rings (SSSR count). The third-order valence-electron chi connectivity index (χ3n) is 7.60. The van der Waals surface area contributed by atoms with Crippen LogP contribution in [0.15, 0.2) is 48.5 Å². The first-order valence-electron chi connectivity index (χ1n) is 14.3.